The molecule has 1 heterocycles. The molecule has 0 aliphatic rings. The van der Waals surface area contributed by atoms with Gasteiger partial charge >= 0.3 is 58.0 Å². The van der Waals surface area contributed by atoms with Gasteiger partial charge in [-0.25, -0.2) is 0 Å². The van der Waals surface area contributed by atoms with Crippen molar-refractivity contribution in [2.24, 2.45) is 0 Å². The summed E-state index contributed by atoms with van der Waals surface area (Å²) in [6.07, 6.45) is 0. The Balaban J connectivity index is 0. The van der Waals surface area contributed by atoms with Crippen molar-refractivity contribution in [1.82, 2.24) is 0 Å². The molecule has 0 bridgehead atoms. The van der Waals surface area contributed by atoms with Crippen molar-refractivity contribution in [2.75, 3.05) is 0 Å². The van der Waals surface area contributed by atoms with Crippen LogP contribution >= 0.6 is 36.2 Å². The number of rotatable bonds is 1. The van der Waals surface area contributed by atoms with Crippen LogP contribution in [0, 0.1) is 27.7 Å². The van der Waals surface area contributed by atoms with Gasteiger partial charge in [0, 0.05) is 0 Å². The number of benzene rings is 2. The van der Waals surface area contributed by atoms with Crippen molar-refractivity contribution in [3.8, 4) is 11.5 Å². The SMILES string of the molecule is Cc1ccc(O)c(C)c1.Cc1ccc(O)c(C)c1.Cl.Cl.[Ti]=[CH]c1cccs1. The molecule has 0 saturated carbocycles. The molecule has 0 aliphatic heterocycles. The minimum atomic E-state index is 0. The van der Waals surface area contributed by atoms with Crippen molar-refractivity contribution >= 4 is 40.5 Å². The van der Waals surface area contributed by atoms with E-state index in [1.54, 1.807) is 23.5 Å². The van der Waals surface area contributed by atoms with Crippen LogP contribution in [0.25, 0.3) is 0 Å². The quantitative estimate of drug-likeness (QED) is 0.418. The third-order valence-electron chi connectivity index (χ3n) is 3.39. The van der Waals surface area contributed by atoms with Gasteiger partial charge < -0.3 is 10.2 Å². The molecule has 1 aromatic heterocycles. The van der Waals surface area contributed by atoms with Gasteiger partial charge in [0.05, 0.1) is 0 Å². The van der Waals surface area contributed by atoms with Crippen molar-refractivity contribution in [3.63, 3.8) is 0 Å². The van der Waals surface area contributed by atoms with E-state index in [4.69, 9.17) is 10.2 Å². The van der Waals surface area contributed by atoms with E-state index in [-0.39, 0.29) is 24.8 Å². The summed E-state index contributed by atoms with van der Waals surface area (Å²) in [5.74, 6) is 0.751. The number of halogens is 2. The Labute approximate surface area is 190 Å². The molecule has 0 radical (unpaired) electrons. The van der Waals surface area contributed by atoms with Crippen LogP contribution in [0.5, 0.6) is 11.5 Å². The first-order chi connectivity index (χ1) is 11.8. The molecule has 3 rings (SSSR count). The molecule has 2 nitrogen and oxygen atoms in total. The first-order valence-electron chi connectivity index (χ1n) is 7.90. The number of hydrogen-bond donors (Lipinski definition) is 2. The number of hydrogen-bond acceptors (Lipinski definition) is 3. The van der Waals surface area contributed by atoms with Crippen LogP contribution < -0.4 is 0 Å². The molecule has 0 atom stereocenters. The predicted molar refractivity (Wildman–Crippen MR) is 119 cm³/mol. The molecule has 3 aromatic rings. The Kier molecular flexibility index (Phi) is 15.5. The normalized spacial score (nSPS) is 8.56. The van der Waals surface area contributed by atoms with Crippen LogP contribution in [-0.2, 0) is 20.0 Å². The fourth-order valence-electron chi connectivity index (χ4n) is 1.98. The van der Waals surface area contributed by atoms with Gasteiger partial charge in [-0.1, -0.05) is 35.4 Å². The van der Waals surface area contributed by atoms with Gasteiger partial charge in [-0.15, -0.1) is 24.8 Å². The summed E-state index contributed by atoms with van der Waals surface area (Å²) in [5, 5.41) is 20.2. The Morgan fingerprint density at radius 2 is 1.22 bits per heavy atom. The van der Waals surface area contributed by atoms with Crippen LogP contribution in [0.3, 0.4) is 0 Å². The zero-order chi connectivity index (χ0) is 18.8. The molecule has 0 saturated heterocycles. The molecule has 0 amide bonds. The number of phenols is 2. The molecule has 0 unspecified atom stereocenters. The van der Waals surface area contributed by atoms with E-state index in [0.29, 0.717) is 11.5 Å². The Morgan fingerprint density at radius 1 is 0.778 bits per heavy atom. The van der Waals surface area contributed by atoms with Crippen LogP contribution in [0.4, 0.5) is 0 Å². The summed E-state index contributed by atoms with van der Waals surface area (Å²) in [4.78, 5) is 1.35. The van der Waals surface area contributed by atoms with E-state index in [1.165, 1.54) is 16.0 Å². The van der Waals surface area contributed by atoms with Gasteiger partial charge in [-0.3, -0.25) is 0 Å². The topological polar surface area (TPSA) is 40.5 Å². The summed E-state index contributed by atoms with van der Waals surface area (Å²) in [7, 11) is 0. The molecular weight excluding hydrogens is 435 g/mol. The number of aryl methyl sites for hydroxylation is 4. The van der Waals surface area contributed by atoms with Crippen molar-refractivity contribution in [2.45, 2.75) is 27.7 Å². The molecule has 2 N–H and O–H groups in total. The van der Waals surface area contributed by atoms with Gasteiger partial charge in [0.2, 0.25) is 0 Å². The summed E-state index contributed by atoms with van der Waals surface area (Å²) in [5.41, 5.74) is 4.25. The van der Waals surface area contributed by atoms with Crippen molar-refractivity contribution in [3.05, 3.63) is 81.0 Å². The number of thiophene rings is 1. The fraction of sp³-hybridized carbons (Fsp3) is 0.190. The van der Waals surface area contributed by atoms with E-state index in [2.05, 4.69) is 21.8 Å². The van der Waals surface area contributed by atoms with E-state index in [1.807, 2.05) is 71.9 Å². The molecule has 6 heteroatoms. The van der Waals surface area contributed by atoms with Gasteiger partial charge in [0.25, 0.3) is 0 Å². The molecule has 0 aliphatic carbocycles. The van der Waals surface area contributed by atoms with Crippen molar-refractivity contribution < 1.29 is 30.2 Å². The Morgan fingerprint density at radius 3 is 1.44 bits per heavy atom. The van der Waals surface area contributed by atoms with Crippen LogP contribution in [0.1, 0.15) is 27.1 Å². The molecule has 146 valence electrons. The van der Waals surface area contributed by atoms with Gasteiger partial charge in [0.1, 0.15) is 11.5 Å². The fourth-order valence-corrected chi connectivity index (χ4v) is 2.99. The minimum absolute atomic E-state index is 0. The van der Waals surface area contributed by atoms with E-state index >= 15 is 0 Å². The first-order valence-corrected chi connectivity index (χ1v) is 9.68. The second-order valence-corrected chi connectivity index (χ2v) is 7.17. The van der Waals surface area contributed by atoms with Gasteiger partial charge in [-0.05, 0) is 51.0 Å². The second-order valence-electron chi connectivity index (χ2n) is 5.74. The van der Waals surface area contributed by atoms with Crippen LogP contribution in [-0.4, -0.2) is 14.5 Å². The molecule has 0 spiro atoms. The standard InChI is InChI=1S/2C8H10O.C5H4S.2ClH.Ti/c2*1-6-3-4-8(9)7(2)5-6;1-5-3-2-4-6-5;;;/h2*3-5,9H,1-2H3;1-4H;2*1H;. The summed E-state index contributed by atoms with van der Waals surface area (Å²) < 4.78 is 2.10. The first kappa shape index (κ1) is 28.1. The zero-order valence-corrected chi connectivity index (χ0v) is 19.9. The van der Waals surface area contributed by atoms with E-state index in [9.17, 15) is 0 Å². The van der Waals surface area contributed by atoms with Gasteiger partial charge in [-0.2, -0.15) is 0 Å². The van der Waals surface area contributed by atoms with Crippen molar-refractivity contribution in [1.29, 1.82) is 0 Å². The predicted octanol–water partition coefficient (Wildman–Crippen LogP) is 6.31. The monoisotopic (exact) mass is 460 g/mol. The average Bonchev–Trinajstić information content (AvgIpc) is 3.10. The average molecular weight is 461 g/mol. The second kappa shape index (κ2) is 14.9. The molecule has 2 aromatic carbocycles. The maximum absolute atomic E-state index is 9.04. The van der Waals surface area contributed by atoms with Crippen LogP contribution in [0.15, 0.2) is 53.9 Å². The number of phenolic OH excluding ortho intramolecular Hbond substituents is 2. The molecular formula is C21H26Cl2O2STi. The maximum atomic E-state index is 9.04. The summed E-state index contributed by atoms with van der Waals surface area (Å²) >= 11 is 3.81. The molecule has 27 heavy (non-hydrogen) atoms. The third kappa shape index (κ3) is 11.4. The Bertz CT molecular complexity index is 756. The summed E-state index contributed by atoms with van der Waals surface area (Å²) in [6, 6.07) is 15.3. The molecule has 0 fully saturated rings. The number of aromatic hydroxyl groups is 2. The van der Waals surface area contributed by atoms with E-state index < -0.39 is 0 Å². The third-order valence-corrected chi connectivity index (χ3v) is 5.02. The van der Waals surface area contributed by atoms with Gasteiger partial charge in [0.15, 0.2) is 0 Å². The summed E-state index contributed by atoms with van der Waals surface area (Å²) in [6.45, 7) is 7.80. The Hall–Kier alpha value is -1.10. The zero-order valence-electron chi connectivity index (χ0n) is 15.9. The van der Waals surface area contributed by atoms with E-state index in [0.717, 1.165) is 11.1 Å². The van der Waals surface area contributed by atoms with Crippen LogP contribution in [0.2, 0.25) is 0 Å².